The molecule has 238 valence electrons. The Labute approximate surface area is 269 Å². The van der Waals surface area contributed by atoms with Crippen LogP contribution in [0.3, 0.4) is 0 Å². The average molecular weight is 635 g/mol. The minimum absolute atomic E-state index is 0.0550. The maximum absolute atomic E-state index is 14.7. The molecule has 0 unspecified atom stereocenters. The minimum atomic E-state index is -0.659. The van der Waals surface area contributed by atoms with Crippen molar-refractivity contribution >= 4 is 28.8 Å². The van der Waals surface area contributed by atoms with Gasteiger partial charge < -0.3 is 29.6 Å². The van der Waals surface area contributed by atoms with Gasteiger partial charge in [0.05, 0.1) is 11.6 Å². The predicted molar refractivity (Wildman–Crippen MR) is 170 cm³/mol. The van der Waals surface area contributed by atoms with E-state index in [0.717, 1.165) is 10.9 Å². The van der Waals surface area contributed by atoms with Crippen LogP contribution in [-0.4, -0.2) is 69.0 Å². The smallest absolute Gasteiger partial charge is 0.272 e. The first-order valence-corrected chi connectivity index (χ1v) is 15.2. The van der Waals surface area contributed by atoms with Gasteiger partial charge in [-0.25, -0.2) is 9.37 Å². The highest BCUT2D eigenvalue weighted by Crippen LogP contribution is 2.26. The normalized spacial score (nSPS) is 18.4. The third kappa shape index (κ3) is 6.48. The van der Waals surface area contributed by atoms with Crippen LogP contribution < -0.4 is 20.1 Å². The number of ether oxygens (including phenoxy) is 2. The number of nitrogens with one attached hydrogen (secondary N) is 2. The summed E-state index contributed by atoms with van der Waals surface area (Å²) < 4.78 is 28.6. The van der Waals surface area contributed by atoms with Crippen LogP contribution in [0.2, 0.25) is 0 Å². The number of amides is 3. The van der Waals surface area contributed by atoms with E-state index < -0.39 is 23.9 Å². The highest BCUT2D eigenvalue weighted by molar-refractivity contribution is 5.96. The number of benzene rings is 2. The molecule has 12 heteroatoms. The van der Waals surface area contributed by atoms with Crippen LogP contribution in [0.1, 0.15) is 32.8 Å². The lowest BCUT2D eigenvalue weighted by Gasteiger charge is -2.38. The van der Waals surface area contributed by atoms with E-state index in [1.165, 1.54) is 18.3 Å². The van der Waals surface area contributed by atoms with E-state index in [2.05, 4.69) is 20.6 Å². The Balaban J connectivity index is 1.21. The molecule has 1 saturated heterocycles. The SMILES string of the molecule is Cn1ccc2ccc(C(=O)N3CC[C@@H]4Oc5cc(F)cc(c5)CNC(=O)COc5cccc(c5)-c5cncc(c5)C(=O)N[C@@H]4C3)nc21. The second-order valence-electron chi connectivity index (χ2n) is 11.7. The Morgan fingerprint density at radius 2 is 1.85 bits per heavy atom. The molecule has 7 rings (SSSR count). The highest BCUT2D eigenvalue weighted by Gasteiger charge is 2.35. The summed E-state index contributed by atoms with van der Waals surface area (Å²) in [6.45, 7) is 0.275. The van der Waals surface area contributed by atoms with Gasteiger partial charge in [-0.05, 0) is 59.7 Å². The molecule has 2 N–H and O–H groups in total. The summed E-state index contributed by atoms with van der Waals surface area (Å²) in [4.78, 5) is 50.5. The molecule has 0 saturated carbocycles. The monoisotopic (exact) mass is 634 g/mol. The standard InChI is InChI=1S/C35H31FN6O5/c1-41-9-7-22-5-6-29(39-33(22)41)35(45)42-10-8-31-30(19-42)40-34(44)25-13-24(17-37-18-25)23-3-2-4-27(14-23)46-20-32(43)38-16-21-11-26(36)15-28(12-21)47-31/h2-7,9,11-15,17-18,30-31H,8,10,16,19-20H2,1H3,(H,38,43)(H,40,44)/t30-,31+/m1/s1. The summed E-state index contributed by atoms with van der Waals surface area (Å²) in [5.74, 6) is -0.896. The highest BCUT2D eigenvalue weighted by atomic mass is 19.1. The largest absolute Gasteiger partial charge is 0.488 e. The summed E-state index contributed by atoms with van der Waals surface area (Å²) in [5.41, 5.74) is 3.20. The molecule has 6 bridgehead atoms. The average Bonchev–Trinajstić information content (AvgIpc) is 3.46. The van der Waals surface area contributed by atoms with Crippen molar-refractivity contribution in [2.75, 3.05) is 19.7 Å². The lowest BCUT2D eigenvalue weighted by molar-refractivity contribution is -0.123. The van der Waals surface area contributed by atoms with Crippen LogP contribution in [0.4, 0.5) is 4.39 Å². The van der Waals surface area contributed by atoms with Gasteiger partial charge in [-0.2, -0.15) is 0 Å². The van der Waals surface area contributed by atoms with E-state index in [9.17, 15) is 18.8 Å². The predicted octanol–water partition coefficient (Wildman–Crippen LogP) is 3.88. The number of aryl methyl sites for hydroxylation is 1. The number of fused-ring (bicyclic) bond motifs is 9. The van der Waals surface area contributed by atoms with Crippen LogP contribution in [0, 0.1) is 5.82 Å². The number of hydrogen-bond donors (Lipinski definition) is 2. The molecule has 5 heterocycles. The van der Waals surface area contributed by atoms with Gasteiger partial charge in [0.2, 0.25) is 0 Å². The lowest BCUT2D eigenvalue weighted by Crippen LogP contribution is -2.58. The zero-order chi connectivity index (χ0) is 32.5. The van der Waals surface area contributed by atoms with Gasteiger partial charge in [0.25, 0.3) is 17.7 Å². The number of carbonyl (C=O) groups excluding carboxylic acids is 3. The Bertz CT molecular complexity index is 2010. The van der Waals surface area contributed by atoms with E-state index in [1.54, 1.807) is 47.5 Å². The third-order valence-corrected chi connectivity index (χ3v) is 8.34. The zero-order valence-electron chi connectivity index (χ0n) is 25.5. The van der Waals surface area contributed by atoms with Crippen molar-refractivity contribution in [1.82, 2.24) is 30.1 Å². The Morgan fingerprint density at radius 3 is 2.74 bits per heavy atom. The van der Waals surface area contributed by atoms with E-state index in [-0.39, 0.29) is 37.3 Å². The Hall–Kier alpha value is -5.78. The van der Waals surface area contributed by atoms with Crippen molar-refractivity contribution in [1.29, 1.82) is 0 Å². The first-order chi connectivity index (χ1) is 22.8. The molecule has 2 aliphatic rings. The third-order valence-electron chi connectivity index (χ3n) is 8.34. The second-order valence-corrected chi connectivity index (χ2v) is 11.7. The van der Waals surface area contributed by atoms with Crippen molar-refractivity contribution in [2.24, 2.45) is 7.05 Å². The number of likely N-dealkylation sites (tertiary alicyclic amines) is 1. The maximum Gasteiger partial charge on any atom is 0.272 e. The van der Waals surface area contributed by atoms with E-state index in [1.807, 2.05) is 36.0 Å². The molecule has 0 radical (unpaired) electrons. The molecule has 0 spiro atoms. The second kappa shape index (κ2) is 12.5. The number of carbonyl (C=O) groups is 3. The number of piperidine rings is 1. The molecule has 3 amide bonds. The molecular weight excluding hydrogens is 603 g/mol. The van der Waals surface area contributed by atoms with E-state index in [4.69, 9.17) is 9.47 Å². The van der Waals surface area contributed by atoms with Crippen LogP contribution in [0.15, 0.2) is 85.3 Å². The number of aromatic nitrogens is 3. The van der Waals surface area contributed by atoms with Crippen molar-refractivity contribution in [3.8, 4) is 22.6 Å². The molecule has 2 aliphatic heterocycles. The maximum atomic E-state index is 14.7. The van der Waals surface area contributed by atoms with Crippen LogP contribution in [-0.2, 0) is 18.4 Å². The van der Waals surface area contributed by atoms with Gasteiger partial charge >= 0.3 is 0 Å². The molecule has 0 aliphatic carbocycles. The van der Waals surface area contributed by atoms with Crippen LogP contribution in [0.5, 0.6) is 11.5 Å². The molecule has 5 aromatic rings. The fourth-order valence-electron chi connectivity index (χ4n) is 5.92. The lowest BCUT2D eigenvalue weighted by atomic mass is 10.00. The minimum Gasteiger partial charge on any atom is -0.488 e. The fourth-order valence-corrected chi connectivity index (χ4v) is 5.92. The summed E-state index contributed by atoms with van der Waals surface area (Å²) in [7, 11) is 1.87. The van der Waals surface area contributed by atoms with Gasteiger partial charge in [-0.15, -0.1) is 0 Å². The molecule has 2 atom stereocenters. The van der Waals surface area contributed by atoms with Crippen LogP contribution in [0.25, 0.3) is 22.2 Å². The summed E-state index contributed by atoms with van der Waals surface area (Å²) >= 11 is 0. The van der Waals surface area contributed by atoms with Gasteiger partial charge in [-0.3, -0.25) is 19.4 Å². The van der Waals surface area contributed by atoms with E-state index in [0.29, 0.717) is 46.7 Å². The fraction of sp³-hybridized carbons (Fsp3) is 0.229. The summed E-state index contributed by atoms with van der Waals surface area (Å²) in [6.07, 6.45) is 4.74. The topological polar surface area (TPSA) is 128 Å². The molecule has 47 heavy (non-hydrogen) atoms. The molecule has 1 fully saturated rings. The van der Waals surface area contributed by atoms with Crippen LogP contribution >= 0.6 is 0 Å². The summed E-state index contributed by atoms with van der Waals surface area (Å²) in [5, 5.41) is 6.72. The molecular formula is C35H31FN6O5. The number of halogens is 1. The van der Waals surface area contributed by atoms with Crippen molar-refractivity contribution in [3.63, 3.8) is 0 Å². The number of hydrogen-bond acceptors (Lipinski definition) is 7. The number of pyridine rings is 2. The molecule has 2 aromatic carbocycles. The Kier molecular flexibility index (Phi) is 7.98. The van der Waals surface area contributed by atoms with Gasteiger partial charge in [-0.1, -0.05) is 12.1 Å². The first-order valence-electron chi connectivity index (χ1n) is 15.2. The quantitative estimate of drug-likeness (QED) is 0.287. The van der Waals surface area contributed by atoms with Gasteiger partial charge in [0.1, 0.15) is 34.8 Å². The van der Waals surface area contributed by atoms with Crippen molar-refractivity contribution in [3.05, 3.63) is 108 Å². The molecule has 3 aromatic heterocycles. The van der Waals surface area contributed by atoms with Crippen molar-refractivity contribution < 1.29 is 28.2 Å². The Morgan fingerprint density at radius 1 is 0.979 bits per heavy atom. The van der Waals surface area contributed by atoms with E-state index >= 15 is 0 Å². The zero-order valence-corrected chi connectivity index (χ0v) is 25.5. The first kappa shape index (κ1) is 29.9. The molecule has 11 nitrogen and oxygen atoms in total. The number of rotatable bonds is 1. The van der Waals surface area contributed by atoms with Crippen molar-refractivity contribution in [2.45, 2.75) is 25.1 Å². The van der Waals surface area contributed by atoms with Gasteiger partial charge in [0.15, 0.2) is 6.61 Å². The number of nitrogens with zero attached hydrogens (tertiary/aromatic N) is 4. The van der Waals surface area contributed by atoms with Gasteiger partial charge in [0, 0.05) is 68.7 Å². The summed E-state index contributed by atoms with van der Waals surface area (Å²) in [6, 6.07) is 17.9.